The third kappa shape index (κ3) is 7.88. The molecule has 20 heavy (non-hydrogen) atoms. The molecule has 0 spiro atoms. The summed E-state index contributed by atoms with van der Waals surface area (Å²) in [5, 5.41) is 4.26. The number of halogens is 1. The molecule has 0 fully saturated rings. The smallest absolute Gasteiger partial charge is 0.0598 e. The van der Waals surface area contributed by atoms with Gasteiger partial charge in [0.2, 0.25) is 0 Å². The first-order valence-electron chi connectivity index (χ1n) is 7.50. The van der Waals surface area contributed by atoms with E-state index in [1.807, 2.05) is 12.1 Å². The van der Waals surface area contributed by atoms with E-state index in [4.69, 9.17) is 16.3 Å². The molecule has 0 aromatic heterocycles. The number of hydrogen-bond acceptors (Lipinski definition) is 2. The minimum atomic E-state index is -0.0568. The molecule has 0 heterocycles. The van der Waals surface area contributed by atoms with Gasteiger partial charge >= 0.3 is 0 Å². The van der Waals surface area contributed by atoms with E-state index in [-0.39, 0.29) is 5.60 Å². The lowest BCUT2D eigenvalue weighted by molar-refractivity contribution is -0.00918. The van der Waals surface area contributed by atoms with Gasteiger partial charge in [-0.25, -0.2) is 0 Å². The van der Waals surface area contributed by atoms with E-state index in [0.29, 0.717) is 5.92 Å². The monoisotopic (exact) mass is 297 g/mol. The van der Waals surface area contributed by atoms with Crippen molar-refractivity contribution in [3.05, 3.63) is 34.9 Å². The second-order valence-corrected chi connectivity index (χ2v) is 6.69. The third-order valence-electron chi connectivity index (χ3n) is 3.16. The van der Waals surface area contributed by atoms with Crippen LogP contribution in [0, 0.1) is 5.92 Å². The average Bonchev–Trinajstić information content (AvgIpc) is 2.34. The molecule has 0 amide bonds. The molecule has 114 valence electrons. The normalized spacial score (nSPS) is 13.4. The fourth-order valence-corrected chi connectivity index (χ4v) is 2.37. The van der Waals surface area contributed by atoms with Crippen molar-refractivity contribution < 1.29 is 4.74 Å². The van der Waals surface area contributed by atoms with Crippen LogP contribution in [0.2, 0.25) is 5.02 Å². The van der Waals surface area contributed by atoms with Gasteiger partial charge in [0.25, 0.3) is 0 Å². The van der Waals surface area contributed by atoms with Gasteiger partial charge in [0.15, 0.2) is 0 Å². The molecular weight excluding hydrogens is 270 g/mol. The summed E-state index contributed by atoms with van der Waals surface area (Å²) in [6.45, 7) is 11.3. The van der Waals surface area contributed by atoms with E-state index in [1.54, 1.807) is 0 Å². The Balaban J connectivity index is 2.50. The minimum Gasteiger partial charge on any atom is -0.376 e. The number of ether oxygens (including phenoxy) is 1. The van der Waals surface area contributed by atoms with E-state index in [2.05, 4.69) is 45.1 Å². The van der Waals surface area contributed by atoms with Gasteiger partial charge in [-0.2, -0.15) is 0 Å². The van der Waals surface area contributed by atoms with Gasteiger partial charge in [-0.1, -0.05) is 30.7 Å². The summed E-state index contributed by atoms with van der Waals surface area (Å²) in [5.41, 5.74) is 1.25. The molecule has 1 rings (SSSR count). The summed E-state index contributed by atoms with van der Waals surface area (Å²) < 4.78 is 5.85. The zero-order valence-electron chi connectivity index (χ0n) is 13.2. The molecule has 1 atom stereocenters. The molecule has 0 saturated heterocycles. The van der Waals surface area contributed by atoms with Crippen molar-refractivity contribution in [2.45, 2.75) is 46.1 Å². The van der Waals surface area contributed by atoms with Gasteiger partial charge in [0.05, 0.1) is 5.60 Å². The topological polar surface area (TPSA) is 21.3 Å². The van der Waals surface area contributed by atoms with Crippen LogP contribution in [0.5, 0.6) is 0 Å². The fourth-order valence-electron chi connectivity index (χ4n) is 2.15. The molecular formula is C17H28ClNO. The first kappa shape index (κ1) is 17.5. The third-order valence-corrected chi connectivity index (χ3v) is 3.39. The Morgan fingerprint density at radius 3 is 2.65 bits per heavy atom. The highest BCUT2D eigenvalue weighted by Gasteiger charge is 2.14. The second kappa shape index (κ2) is 8.66. The van der Waals surface area contributed by atoms with Crippen molar-refractivity contribution in [3.8, 4) is 0 Å². The summed E-state index contributed by atoms with van der Waals surface area (Å²) in [7, 11) is 0. The van der Waals surface area contributed by atoms with Crippen LogP contribution in [0.3, 0.4) is 0 Å². The SMILES string of the molecule is CCNCC(CCOC(C)(C)C)Cc1cccc(Cl)c1. The van der Waals surface area contributed by atoms with E-state index in [9.17, 15) is 0 Å². The first-order valence-corrected chi connectivity index (χ1v) is 7.87. The quantitative estimate of drug-likeness (QED) is 0.772. The van der Waals surface area contributed by atoms with Crippen molar-refractivity contribution in [3.63, 3.8) is 0 Å². The van der Waals surface area contributed by atoms with Crippen LogP contribution in [0.15, 0.2) is 24.3 Å². The van der Waals surface area contributed by atoms with Crippen LogP contribution >= 0.6 is 11.6 Å². The van der Waals surface area contributed by atoms with Crippen LogP contribution in [0.1, 0.15) is 39.7 Å². The van der Waals surface area contributed by atoms with Crippen molar-refractivity contribution in [2.75, 3.05) is 19.7 Å². The van der Waals surface area contributed by atoms with Crippen molar-refractivity contribution in [1.82, 2.24) is 5.32 Å². The Bertz CT molecular complexity index is 387. The molecule has 1 N–H and O–H groups in total. The molecule has 0 aliphatic rings. The van der Waals surface area contributed by atoms with Gasteiger partial charge in [0.1, 0.15) is 0 Å². The Morgan fingerprint density at radius 1 is 1.30 bits per heavy atom. The molecule has 0 aliphatic heterocycles. The summed E-state index contributed by atoms with van der Waals surface area (Å²) in [4.78, 5) is 0. The Hall–Kier alpha value is -0.570. The summed E-state index contributed by atoms with van der Waals surface area (Å²) in [5.74, 6) is 0.579. The fraction of sp³-hybridized carbons (Fsp3) is 0.647. The summed E-state index contributed by atoms with van der Waals surface area (Å²) in [6.07, 6.45) is 2.11. The lowest BCUT2D eigenvalue weighted by atomic mass is 9.96. The predicted octanol–water partition coefficient (Wildman–Crippen LogP) is 4.31. The largest absolute Gasteiger partial charge is 0.376 e. The number of benzene rings is 1. The zero-order valence-corrected chi connectivity index (χ0v) is 14.0. The van der Waals surface area contributed by atoms with Gasteiger partial charge in [-0.05, 0) is 70.3 Å². The van der Waals surface area contributed by atoms with Crippen molar-refractivity contribution in [2.24, 2.45) is 5.92 Å². The van der Waals surface area contributed by atoms with Gasteiger partial charge in [0, 0.05) is 11.6 Å². The molecule has 2 nitrogen and oxygen atoms in total. The van der Waals surface area contributed by atoms with E-state index >= 15 is 0 Å². The first-order chi connectivity index (χ1) is 9.40. The molecule has 0 radical (unpaired) electrons. The maximum Gasteiger partial charge on any atom is 0.0598 e. The van der Waals surface area contributed by atoms with E-state index < -0.39 is 0 Å². The standard InChI is InChI=1S/C17H28ClNO/c1-5-19-13-15(9-10-20-17(2,3)4)11-14-7-6-8-16(18)12-14/h6-8,12,15,19H,5,9-11,13H2,1-4H3. The zero-order chi connectivity index (χ0) is 15.0. The molecule has 0 aliphatic carbocycles. The second-order valence-electron chi connectivity index (χ2n) is 6.26. The highest BCUT2D eigenvalue weighted by molar-refractivity contribution is 6.30. The van der Waals surface area contributed by atoms with Gasteiger partial charge < -0.3 is 10.1 Å². The van der Waals surface area contributed by atoms with Crippen LogP contribution < -0.4 is 5.32 Å². The minimum absolute atomic E-state index is 0.0568. The number of hydrogen-bond donors (Lipinski definition) is 1. The van der Waals surface area contributed by atoms with Crippen LogP contribution in [0.25, 0.3) is 0 Å². The molecule has 1 aromatic carbocycles. The Kier molecular flexibility index (Phi) is 7.57. The molecule has 3 heteroatoms. The van der Waals surface area contributed by atoms with Gasteiger partial charge in [-0.15, -0.1) is 0 Å². The maximum atomic E-state index is 6.06. The lowest BCUT2D eigenvalue weighted by Gasteiger charge is -2.23. The highest BCUT2D eigenvalue weighted by atomic mass is 35.5. The predicted molar refractivity (Wildman–Crippen MR) is 87.5 cm³/mol. The Morgan fingerprint density at radius 2 is 2.05 bits per heavy atom. The summed E-state index contributed by atoms with van der Waals surface area (Å²) >= 11 is 6.06. The average molecular weight is 298 g/mol. The molecule has 0 saturated carbocycles. The van der Waals surface area contributed by atoms with E-state index in [0.717, 1.165) is 37.6 Å². The lowest BCUT2D eigenvalue weighted by Crippen LogP contribution is -2.27. The number of rotatable bonds is 8. The van der Waals surface area contributed by atoms with E-state index in [1.165, 1.54) is 5.56 Å². The summed E-state index contributed by atoms with van der Waals surface area (Å²) in [6, 6.07) is 8.15. The van der Waals surface area contributed by atoms with Crippen LogP contribution in [0.4, 0.5) is 0 Å². The molecule has 1 unspecified atom stereocenters. The maximum absolute atomic E-state index is 6.06. The number of nitrogens with one attached hydrogen (secondary N) is 1. The van der Waals surface area contributed by atoms with Crippen molar-refractivity contribution in [1.29, 1.82) is 0 Å². The van der Waals surface area contributed by atoms with Crippen LogP contribution in [-0.2, 0) is 11.2 Å². The highest BCUT2D eigenvalue weighted by Crippen LogP contribution is 2.17. The van der Waals surface area contributed by atoms with Crippen LogP contribution in [-0.4, -0.2) is 25.3 Å². The van der Waals surface area contributed by atoms with Gasteiger partial charge in [-0.3, -0.25) is 0 Å². The molecule has 1 aromatic rings. The molecule has 0 bridgehead atoms. The van der Waals surface area contributed by atoms with Crippen molar-refractivity contribution >= 4 is 11.6 Å². The Labute approximate surface area is 128 Å².